The first-order valence-corrected chi connectivity index (χ1v) is 5.58. The molecule has 0 amide bonds. The van der Waals surface area contributed by atoms with Gasteiger partial charge in [0.1, 0.15) is 13.4 Å². The van der Waals surface area contributed by atoms with Gasteiger partial charge in [-0.3, -0.25) is 0 Å². The van der Waals surface area contributed by atoms with Crippen molar-refractivity contribution in [2.45, 2.75) is 24.6 Å². The lowest BCUT2D eigenvalue weighted by Crippen LogP contribution is -2.50. The zero-order valence-electron chi connectivity index (χ0n) is 8.33. The van der Waals surface area contributed by atoms with E-state index < -0.39 is 26.0 Å². The van der Waals surface area contributed by atoms with Gasteiger partial charge in [0.2, 0.25) is 0 Å². The average molecular weight is 235 g/mol. The molecular weight excluding hydrogens is 222 g/mol. The fourth-order valence-electron chi connectivity index (χ4n) is 1.48. The van der Waals surface area contributed by atoms with E-state index >= 15 is 0 Å². The Labute approximate surface area is 89.9 Å². The van der Waals surface area contributed by atoms with Gasteiger partial charge in [0.15, 0.2) is 6.10 Å². The topological polar surface area (TPSA) is 85.2 Å². The van der Waals surface area contributed by atoms with E-state index in [0.717, 1.165) is 0 Å². The highest BCUT2D eigenvalue weighted by molar-refractivity contribution is 7.32. The maximum absolute atomic E-state index is 10.5. The Morgan fingerprint density at radius 2 is 2.47 bits per heavy atom. The van der Waals surface area contributed by atoms with Gasteiger partial charge in [0.25, 0.3) is 0 Å². The molecule has 3 unspecified atom stereocenters. The highest BCUT2D eigenvalue weighted by Gasteiger charge is 2.50. The van der Waals surface area contributed by atoms with E-state index in [1.165, 1.54) is 0 Å². The SMILES string of the molecule is [B]C(C)OC1(CO)COC[C@@H]1O[P+](=O)O. The number of hydrogen-bond acceptors (Lipinski definition) is 5. The molecule has 0 aromatic rings. The van der Waals surface area contributed by atoms with Crippen molar-refractivity contribution in [2.24, 2.45) is 0 Å². The van der Waals surface area contributed by atoms with Crippen LogP contribution < -0.4 is 0 Å². The zero-order valence-corrected chi connectivity index (χ0v) is 9.22. The van der Waals surface area contributed by atoms with Crippen molar-refractivity contribution in [3.63, 3.8) is 0 Å². The van der Waals surface area contributed by atoms with Crippen molar-refractivity contribution in [3.8, 4) is 0 Å². The molecule has 8 heteroatoms. The van der Waals surface area contributed by atoms with Crippen LogP contribution in [0.3, 0.4) is 0 Å². The molecule has 1 saturated heterocycles. The number of ether oxygens (including phenoxy) is 2. The summed E-state index contributed by atoms with van der Waals surface area (Å²) in [5.41, 5.74) is -1.15. The minimum Gasteiger partial charge on any atom is -0.393 e. The summed E-state index contributed by atoms with van der Waals surface area (Å²) in [6.07, 6.45) is -0.790. The number of rotatable bonds is 5. The van der Waals surface area contributed by atoms with Crippen molar-refractivity contribution in [1.82, 2.24) is 0 Å². The normalized spacial score (nSPS) is 34.1. The quantitative estimate of drug-likeness (QED) is 0.484. The van der Waals surface area contributed by atoms with Gasteiger partial charge in [0.05, 0.1) is 19.8 Å². The highest BCUT2D eigenvalue weighted by atomic mass is 31.1. The summed E-state index contributed by atoms with van der Waals surface area (Å²) >= 11 is 0. The number of aliphatic hydroxyl groups is 1. The first-order chi connectivity index (χ1) is 7.00. The Morgan fingerprint density at radius 3 is 2.93 bits per heavy atom. The van der Waals surface area contributed by atoms with Gasteiger partial charge in [-0.25, -0.2) is 0 Å². The van der Waals surface area contributed by atoms with Crippen LogP contribution in [0.5, 0.6) is 0 Å². The highest BCUT2D eigenvalue weighted by Crippen LogP contribution is 2.32. The van der Waals surface area contributed by atoms with Crippen molar-refractivity contribution in [2.75, 3.05) is 19.8 Å². The second kappa shape index (κ2) is 5.34. The van der Waals surface area contributed by atoms with Gasteiger partial charge in [0, 0.05) is 10.6 Å². The van der Waals surface area contributed by atoms with Crippen LogP contribution in [0.4, 0.5) is 0 Å². The Bertz CT molecular complexity index is 238. The van der Waals surface area contributed by atoms with Crippen molar-refractivity contribution >= 4 is 16.1 Å². The van der Waals surface area contributed by atoms with E-state index in [1.807, 2.05) is 0 Å². The van der Waals surface area contributed by atoms with Crippen molar-refractivity contribution in [3.05, 3.63) is 0 Å². The lowest BCUT2D eigenvalue weighted by molar-refractivity contribution is -0.127. The molecule has 0 aromatic carbocycles. The zero-order chi connectivity index (χ0) is 11.5. The summed E-state index contributed by atoms with van der Waals surface area (Å²) < 4.78 is 25.6. The smallest absolute Gasteiger partial charge is 0.393 e. The Morgan fingerprint density at radius 1 is 1.80 bits per heavy atom. The molecule has 1 fully saturated rings. The van der Waals surface area contributed by atoms with Gasteiger partial charge in [-0.1, -0.05) is 0 Å². The molecule has 0 saturated carbocycles. The van der Waals surface area contributed by atoms with Crippen LogP contribution in [-0.2, 0) is 18.6 Å². The van der Waals surface area contributed by atoms with E-state index in [9.17, 15) is 9.67 Å². The summed E-state index contributed by atoms with van der Waals surface area (Å²) in [5.74, 6) is 0. The molecule has 1 aliphatic rings. The predicted molar refractivity (Wildman–Crippen MR) is 51.6 cm³/mol. The largest absolute Gasteiger partial charge is 0.695 e. The first-order valence-electron chi connectivity index (χ1n) is 4.45. The maximum Gasteiger partial charge on any atom is 0.695 e. The third-order valence-corrected chi connectivity index (χ3v) is 2.54. The Hall–Kier alpha value is -0.0351. The van der Waals surface area contributed by atoms with Gasteiger partial charge in [-0.2, -0.15) is 0 Å². The molecule has 0 aromatic heterocycles. The fraction of sp³-hybridized carbons (Fsp3) is 1.00. The van der Waals surface area contributed by atoms with Crippen LogP contribution >= 0.6 is 8.25 Å². The van der Waals surface area contributed by atoms with Crippen LogP contribution in [-0.4, -0.2) is 55.4 Å². The Balaban J connectivity index is 2.71. The van der Waals surface area contributed by atoms with Gasteiger partial charge in [-0.15, -0.1) is 9.42 Å². The second-order valence-corrected chi connectivity index (χ2v) is 4.08. The van der Waals surface area contributed by atoms with E-state index in [2.05, 4.69) is 0 Å². The molecule has 1 rings (SSSR count). The molecule has 1 aliphatic heterocycles. The summed E-state index contributed by atoms with van der Waals surface area (Å²) in [5, 5.41) is 9.23. The molecule has 1 heterocycles. The third-order valence-electron chi connectivity index (χ3n) is 2.11. The molecule has 0 aliphatic carbocycles. The summed E-state index contributed by atoms with van der Waals surface area (Å²) in [4.78, 5) is 8.64. The summed E-state index contributed by atoms with van der Waals surface area (Å²) in [7, 11) is 2.68. The van der Waals surface area contributed by atoms with E-state index in [1.54, 1.807) is 6.92 Å². The van der Waals surface area contributed by atoms with E-state index in [4.69, 9.17) is 26.7 Å². The molecule has 0 spiro atoms. The molecule has 6 nitrogen and oxygen atoms in total. The lowest BCUT2D eigenvalue weighted by atomic mass is 9.97. The first kappa shape index (κ1) is 13.0. The molecule has 0 bridgehead atoms. The Kier molecular flexibility index (Phi) is 4.64. The van der Waals surface area contributed by atoms with Gasteiger partial charge < -0.3 is 14.6 Å². The van der Waals surface area contributed by atoms with Gasteiger partial charge in [-0.05, 0) is 6.92 Å². The monoisotopic (exact) mass is 235 g/mol. The molecule has 84 valence electrons. The average Bonchev–Trinajstić information content (AvgIpc) is 2.47. The van der Waals surface area contributed by atoms with E-state index in [-0.39, 0.29) is 19.8 Å². The number of hydrogen-bond donors (Lipinski definition) is 2. The third kappa shape index (κ3) is 3.21. The predicted octanol–water partition coefficient (Wildman–Crippen LogP) is -0.686. The molecular formula is C7H13BO6P+. The number of aliphatic hydroxyl groups excluding tert-OH is 1. The van der Waals surface area contributed by atoms with Crippen LogP contribution in [0.1, 0.15) is 6.92 Å². The van der Waals surface area contributed by atoms with Crippen molar-refractivity contribution < 1.29 is 28.6 Å². The van der Waals surface area contributed by atoms with Crippen molar-refractivity contribution in [1.29, 1.82) is 0 Å². The standard InChI is InChI=1S/C7H12BO6P/c1-5(8)13-7(3-9)4-12-2-6(7)14-15(10)11/h5-6,9H,2-4H2,1H3/p+1/t5?,6-,7?/m0/s1. The van der Waals surface area contributed by atoms with Crippen LogP contribution in [0.25, 0.3) is 0 Å². The van der Waals surface area contributed by atoms with Crippen LogP contribution in [0.2, 0.25) is 0 Å². The molecule has 2 radical (unpaired) electrons. The summed E-state index contributed by atoms with van der Waals surface area (Å²) in [6, 6.07) is -0.624. The lowest BCUT2D eigenvalue weighted by Gasteiger charge is -2.30. The van der Waals surface area contributed by atoms with Gasteiger partial charge >= 0.3 is 8.25 Å². The summed E-state index contributed by atoms with van der Waals surface area (Å²) in [6.45, 7) is 1.38. The maximum atomic E-state index is 10.5. The molecule has 15 heavy (non-hydrogen) atoms. The van der Waals surface area contributed by atoms with Crippen LogP contribution in [0.15, 0.2) is 0 Å². The minimum absolute atomic E-state index is 0.0822. The molecule has 4 atom stereocenters. The minimum atomic E-state index is -2.76. The molecule has 2 N–H and O–H groups in total. The second-order valence-electron chi connectivity index (χ2n) is 3.39. The van der Waals surface area contributed by atoms with E-state index in [0.29, 0.717) is 0 Å². The van der Waals surface area contributed by atoms with Crippen LogP contribution in [0, 0.1) is 0 Å². The fourth-order valence-corrected chi connectivity index (χ4v) is 1.95.